The van der Waals surface area contributed by atoms with Crippen LogP contribution in [0.5, 0.6) is 0 Å². The van der Waals surface area contributed by atoms with Crippen LogP contribution in [0.1, 0.15) is 51.6 Å². The third-order valence-electron chi connectivity index (χ3n) is 5.92. The van der Waals surface area contributed by atoms with E-state index in [0.29, 0.717) is 51.1 Å². The first-order valence-corrected chi connectivity index (χ1v) is 11.8. The second-order valence-electron chi connectivity index (χ2n) is 9.16. The topological polar surface area (TPSA) is 88.6 Å². The highest BCUT2D eigenvalue weighted by Gasteiger charge is 2.44. The largest absolute Gasteiger partial charge is 0.466 e. The summed E-state index contributed by atoms with van der Waals surface area (Å²) in [5.41, 5.74) is 2.46. The number of ketones is 1. The van der Waals surface area contributed by atoms with Gasteiger partial charge in [0.2, 0.25) is 5.91 Å². The van der Waals surface area contributed by atoms with Crippen LogP contribution in [0.15, 0.2) is 47.9 Å². The second-order valence-corrected chi connectivity index (χ2v) is 10.0. The van der Waals surface area contributed by atoms with Crippen LogP contribution in [-0.2, 0) is 19.1 Å². The van der Waals surface area contributed by atoms with Crippen LogP contribution >= 0.6 is 23.2 Å². The molecule has 1 aromatic carbocycles. The Kier molecular flexibility index (Phi) is 6.69. The molecule has 0 saturated carbocycles. The Morgan fingerprint density at radius 2 is 2.00 bits per heavy atom. The molecule has 1 N–H and O–H groups in total. The Balaban J connectivity index is 1.97. The zero-order valence-corrected chi connectivity index (χ0v) is 20.7. The van der Waals surface area contributed by atoms with Crippen LogP contribution in [0.2, 0.25) is 10.0 Å². The molecule has 2 aliphatic rings. The van der Waals surface area contributed by atoms with Crippen molar-refractivity contribution in [2.75, 3.05) is 16.8 Å². The highest BCUT2D eigenvalue weighted by molar-refractivity contribution is 6.35. The highest BCUT2D eigenvalue weighted by Crippen LogP contribution is 2.49. The lowest BCUT2D eigenvalue weighted by Crippen LogP contribution is -2.40. The summed E-state index contributed by atoms with van der Waals surface area (Å²) in [5, 5.41) is 4.10. The van der Waals surface area contributed by atoms with Gasteiger partial charge in [0.05, 0.1) is 30.2 Å². The van der Waals surface area contributed by atoms with E-state index in [-0.39, 0.29) is 17.8 Å². The number of nitrogens with zero attached hydrogens (tertiary/aromatic N) is 2. The maximum atomic E-state index is 13.6. The molecule has 1 unspecified atom stereocenters. The van der Waals surface area contributed by atoms with Crippen molar-refractivity contribution in [3.05, 3.63) is 63.5 Å². The van der Waals surface area contributed by atoms with Gasteiger partial charge in [-0.05, 0) is 42.5 Å². The predicted octanol–water partition coefficient (Wildman–Crippen LogP) is 5.48. The molecule has 1 atom stereocenters. The minimum atomic E-state index is -0.860. The minimum absolute atomic E-state index is 0.0931. The third-order valence-corrected chi connectivity index (χ3v) is 6.48. The van der Waals surface area contributed by atoms with E-state index in [1.165, 1.54) is 4.90 Å². The summed E-state index contributed by atoms with van der Waals surface area (Å²) in [7, 11) is 0. The fourth-order valence-corrected chi connectivity index (χ4v) is 5.12. The van der Waals surface area contributed by atoms with Gasteiger partial charge in [0.1, 0.15) is 6.42 Å². The van der Waals surface area contributed by atoms with Crippen molar-refractivity contribution in [1.29, 1.82) is 0 Å². The molecule has 0 bridgehead atoms. The van der Waals surface area contributed by atoms with Gasteiger partial charge in [-0.25, -0.2) is 0 Å². The number of benzene rings is 1. The molecule has 2 heterocycles. The fourth-order valence-electron chi connectivity index (χ4n) is 4.60. The average Bonchev–Trinajstić information content (AvgIpc) is 2.87. The Hall–Kier alpha value is -2.90. The zero-order chi connectivity index (χ0) is 24.6. The van der Waals surface area contributed by atoms with Crippen LogP contribution in [0.3, 0.4) is 0 Å². The lowest BCUT2D eigenvalue weighted by molar-refractivity contribution is -0.145. The second kappa shape index (κ2) is 9.39. The van der Waals surface area contributed by atoms with Crippen molar-refractivity contribution in [2.45, 2.75) is 46.1 Å². The highest BCUT2D eigenvalue weighted by atomic mass is 35.5. The monoisotopic (exact) mass is 501 g/mol. The molecule has 9 heteroatoms. The van der Waals surface area contributed by atoms with E-state index in [9.17, 15) is 14.4 Å². The summed E-state index contributed by atoms with van der Waals surface area (Å²) >= 11 is 12.8. The molecule has 0 fully saturated rings. The third kappa shape index (κ3) is 4.68. The number of carbonyl (C=O) groups is 3. The van der Waals surface area contributed by atoms with Crippen LogP contribution in [-0.4, -0.2) is 29.3 Å². The molecule has 1 aromatic heterocycles. The minimum Gasteiger partial charge on any atom is -0.466 e. The van der Waals surface area contributed by atoms with Gasteiger partial charge in [0.25, 0.3) is 0 Å². The molecule has 2 aromatic rings. The van der Waals surface area contributed by atoms with E-state index in [1.807, 2.05) is 13.8 Å². The predicted molar refractivity (Wildman–Crippen MR) is 131 cm³/mol. The first-order valence-electron chi connectivity index (χ1n) is 11.0. The molecule has 4 rings (SSSR count). The average molecular weight is 502 g/mol. The SMILES string of the molecule is CCOC(=O)CC(=O)N1c2ccncc2NC2=C(C(=O)CC(C)(C)C2)C1c1ccc(Cl)cc1Cl. The first-order chi connectivity index (χ1) is 16.1. The van der Waals surface area contributed by atoms with Crippen LogP contribution in [0.25, 0.3) is 0 Å². The molecule has 1 aliphatic carbocycles. The Bertz CT molecular complexity index is 1210. The standard InChI is InChI=1S/C25H25Cl2N3O4/c1-4-34-22(33)10-21(32)30-19-7-8-28-13-18(19)29-17-11-25(2,3)12-20(31)23(17)24(30)15-6-5-14(26)9-16(15)27/h5-9,13,24,29H,4,10-12H2,1-3H3. The Morgan fingerprint density at radius 1 is 1.24 bits per heavy atom. The van der Waals surface area contributed by atoms with Gasteiger partial charge in [-0.1, -0.05) is 43.1 Å². The summed E-state index contributed by atoms with van der Waals surface area (Å²) in [6.45, 7) is 5.89. The van der Waals surface area contributed by atoms with E-state index in [2.05, 4.69) is 10.3 Å². The molecule has 0 saturated heterocycles. The summed E-state index contributed by atoms with van der Waals surface area (Å²) in [4.78, 5) is 45.1. The van der Waals surface area contributed by atoms with E-state index >= 15 is 0 Å². The number of rotatable bonds is 4. The molecule has 7 nitrogen and oxygen atoms in total. The zero-order valence-electron chi connectivity index (χ0n) is 19.2. The molecular formula is C25H25Cl2N3O4. The number of aromatic nitrogens is 1. The number of allylic oxidation sites excluding steroid dienone is 1. The molecule has 178 valence electrons. The number of halogens is 2. The quantitative estimate of drug-likeness (QED) is 0.440. The number of ether oxygens (including phenoxy) is 1. The number of pyridine rings is 1. The van der Waals surface area contributed by atoms with Gasteiger partial charge < -0.3 is 10.1 Å². The van der Waals surface area contributed by atoms with Crippen LogP contribution in [0, 0.1) is 5.41 Å². The number of anilines is 2. The lowest BCUT2D eigenvalue weighted by atomic mass is 9.73. The van der Waals surface area contributed by atoms with Crippen LogP contribution in [0.4, 0.5) is 11.4 Å². The van der Waals surface area contributed by atoms with Gasteiger partial charge >= 0.3 is 5.97 Å². The van der Waals surface area contributed by atoms with E-state index in [0.717, 1.165) is 0 Å². The van der Waals surface area contributed by atoms with Gasteiger partial charge in [-0.2, -0.15) is 0 Å². The van der Waals surface area contributed by atoms with E-state index in [4.69, 9.17) is 27.9 Å². The van der Waals surface area contributed by atoms with E-state index < -0.39 is 24.3 Å². The van der Waals surface area contributed by atoms with Crippen molar-refractivity contribution < 1.29 is 19.1 Å². The maximum absolute atomic E-state index is 13.6. The Morgan fingerprint density at radius 3 is 2.71 bits per heavy atom. The number of carbonyl (C=O) groups excluding carboxylic acids is 3. The van der Waals surface area contributed by atoms with Crippen molar-refractivity contribution >= 4 is 52.2 Å². The van der Waals surface area contributed by atoms with Gasteiger partial charge in [0.15, 0.2) is 5.78 Å². The van der Waals surface area contributed by atoms with Gasteiger partial charge in [0, 0.05) is 33.9 Å². The normalized spacial score (nSPS) is 19.0. The number of fused-ring (bicyclic) bond motifs is 1. The van der Waals surface area contributed by atoms with Crippen molar-refractivity contribution in [3.8, 4) is 0 Å². The smallest absolute Gasteiger partial charge is 0.315 e. The summed E-state index contributed by atoms with van der Waals surface area (Å²) in [6, 6.07) is 5.77. The van der Waals surface area contributed by atoms with Crippen molar-refractivity contribution in [1.82, 2.24) is 4.98 Å². The number of hydrogen-bond donors (Lipinski definition) is 1. The lowest BCUT2D eigenvalue weighted by Gasteiger charge is -2.37. The molecular weight excluding hydrogens is 477 g/mol. The molecule has 1 aliphatic heterocycles. The number of hydrogen-bond acceptors (Lipinski definition) is 6. The molecule has 0 radical (unpaired) electrons. The summed E-state index contributed by atoms with van der Waals surface area (Å²) in [6.07, 6.45) is 3.57. The summed E-state index contributed by atoms with van der Waals surface area (Å²) in [5.74, 6) is -1.26. The van der Waals surface area contributed by atoms with Crippen LogP contribution < -0.4 is 10.2 Å². The Labute approximate surface area is 208 Å². The number of nitrogens with one attached hydrogen (secondary N) is 1. The van der Waals surface area contributed by atoms with Crippen molar-refractivity contribution in [3.63, 3.8) is 0 Å². The van der Waals surface area contributed by atoms with Crippen molar-refractivity contribution in [2.24, 2.45) is 5.41 Å². The fraction of sp³-hybridized carbons (Fsp3) is 0.360. The summed E-state index contributed by atoms with van der Waals surface area (Å²) < 4.78 is 5.02. The number of amides is 1. The number of Topliss-reactive ketones (excluding diaryl/α,β-unsaturated/α-hetero) is 1. The van der Waals surface area contributed by atoms with E-state index in [1.54, 1.807) is 43.6 Å². The molecule has 1 amide bonds. The maximum Gasteiger partial charge on any atom is 0.315 e. The first kappa shape index (κ1) is 24.2. The van der Waals surface area contributed by atoms with Gasteiger partial charge in [-0.3, -0.25) is 24.3 Å². The van der Waals surface area contributed by atoms with Gasteiger partial charge in [-0.15, -0.1) is 0 Å². The molecule has 0 spiro atoms. The molecule has 34 heavy (non-hydrogen) atoms. The number of esters is 1.